The predicted octanol–water partition coefficient (Wildman–Crippen LogP) is 4.70. The van der Waals surface area contributed by atoms with Gasteiger partial charge in [0.15, 0.2) is 0 Å². The number of nitrogens with two attached hydrogens (primary N) is 1. The van der Waals surface area contributed by atoms with Crippen molar-refractivity contribution in [1.82, 2.24) is 0 Å². The van der Waals surface area contributed by atoms with Crippen LogP contribution in [0.5, 0.6) is 5.75 Å². The van der Waals surface area contributed by atoms with Gasteiger partial charge in [0.25, 0.3) is 0 Å². The van der Waals surface area contributed by atoms with Gasteiger partial charge in [-0.2, -0.15) is 5.26 Å². The summed E-state index contributed by atoms with van der Waals surface area (Å²) >= 11 is 6.22. The van der Waals surface area contributed by atoms with Crippen LogP contribution in [0, 0.1) is 17.1 Å². The quantitative estimate of drug-likeness (QED) is 0.651. The number of esters is 1. The minimum Gasteiger partial charge on any atom is -0.488 e. The van der Waals surface area contributed by atoms with Crippen LogP contribution in [0.2, 0.25) is 5.02 Å². The highest BCUT2D eigenvalue weighted by atomic mass is 35.5. The molecule has 1 aliphatic heterocycles. The van der Waals surface area contributed by atoms with E-state index >= 15 is 0 Å². The first kappa shape index (κ1) is 22.2. The van der Waals surface area contributed by atoms with Crippen molar-refractivity contribution in [3.63, 3.8) is 0 Å². The van der Waals surface area contributed by atoms with Crippen LogP contribution >= 0.6 is 11.6 Å². The number of nitrogens with zero attached hydrogens (tertiary/aromatic N) is 1. The zero-order valence-electron chi connectivity index (χ0n) is 16.9. The van der Waals surface area contributed by atoms with Crippen molar-refractivity contribution in [3.05, 3.63) is 87.2 Å². The second-order valence-corrected chi connectivity index (χ2v) is 7.11. The number of nitriles is 1. The molecule has 3 rings (SSSR count). The van der Waals surface area contributed by atoms with E-state index in [1.165, 1.54) is 6.07 Å². The Bertz CT molecular complexity index is 1120. The second kappa shape index (κ2) is 9.54. The molecule has 0 fully saturated rings. The lowest BCUT2D eigenvalue weighted by molar-refractivity contribution is -0.139. The van der Waals surface area contributed by atoms with Gasteiger partial charge in [-0.3, -0.25) is 0 Å². The maximum atomic E-state index is 14.0. The lowest BCUT2D eigenvalue weighted by Gasteiger charge is -2.28. The standard InChI is InChI=1S/C23H20ClFN2O4/c1-3-29-23(28)20-13(2)31-22(27)17(11-26)21(20)16-10-15(24)8-9-19(16)30-12-14-6-4-5-7-18(14)25/h4-10,21H,3,12,27H2,1-2H3. The number of rotatable bonds is 6. The Hall–Kier alpha value is -3.50. The van der Waals surface area contributed by atoms with Gasteiger partial charge < -0.3 is 19.9 Å². The molecule has 31 heavy (non-hydrogen) atoms. The van der Waals surface area contributed by atoms with Crippen molar-refractivity contribution in [1.29, 1.82) is 5.26 Å². The Morgan fingerprint density at radius 2 is 2.06 bits per heavy atom. The van der Waals surface area contributed by atoms with Crippen molar-refractivity contribution in [2.24, 2.45) is 5.73 Å². The van der Waals surface area contributed by atoms with E-state index in [4.69, 9.17) is 31.5 Å². The minimum atomic E-state index is -0.924. The first-order valence-electron chi connectivity index (χ1n) is 9.48. The van der Waals surface area contributed by atoms with Crippen molar-refractivity contribution < 1.29 is 23.4 Å². The maximum Gasteiger partial charge on any atom is 0.338 e. The molecule has 8 heteroatoms. The summed E-state index contributed by atoms with van der Waals surface area (Å²) in [4.78, 5) is 12.7. The fourth-order valence-electron chi connectivity index (χ4n) is 3.31. The monoisotopic (exact) mass is 442 g/mol. The Morgan fingerprint density at radius 1 is 1.32 bits per heavy atom. The molecule has 1 heterocycles. The van der Waals surface area contributed by atoms with Gasteiger partial charge in [-0.15, -0.1) is 0 Å². The molecule has 2 aromatic carbocycles. The summed E-state index contributed by atoms with van der Waals surface area (Å²) in [6.45, 7) is 3.30. The van der Waals surface area contributed by atoms with Gasteiger partial charge in [-0.05, 0) is 38.1 Å². The average Bonchev–Trinajstić information content (AvgIpc) is 2.73. The number of hydrogen-bond donors (Lipinski definition) is 1. The first-order valence-corrected chi connectivity index (χ1v) is 9.86. The van der Waals surface area contributed by atoms with Crippen LogP contribution in [0.15, 0.2) is 65.3 Å². The van der Waals surface area contributed by atoms with Crippen molar-refractivity contribution >= 4 is 17.6 Å². The van der Waals surface area contributed by atoms with E-state index < -0.39 is 17.7 Å². The van der Waals surface area contributed by atoms with Crippen LogP contribution in [-0.2, 0) is 20.9 Å². The molecule has 0 saturated carbocycles. The van der Waals surface area contributed by atoms with Gasteiger partial charge in [0.1, 0.15) is 35.6 Å². The van der Waals surface area contributed by atoms with Crippen LogP contribution in [-0.4, -0.2) is 12.6 Å². The third kappa shape index (κ3) is 4.65. The average molecular weight is 443 g/mol. The fourth-order valence-corrected chi connectivity index (χ4v) is 3.49. The molecular weight excluding hydrogens is 423 g/mol. The highest BCUT2D eigenvalue weighted by Crippen LogP contribution is 2.44. The molecule has 0 bridgehead atoms. The second-order valence-electron chi connectivity index (χ2n) is 6.68. The number of allylic oxidation sites excluding steroid dienone is 2. The van der Waals surface area contributed by atoms with E-state index in [9.17, 15) is 14.4 Å². The van der Waals surface area contributed by atoms with Gasteiger partial charge in [0.05, 0.1) is 18.1 Å². The number of ether oxygens (including phenoxy) is 3. The van der Waals surface area contributed by atoms with Crippen molar-refractivity contribution in [2.45, 2.75) is 26.4 Å². The zero-order chi connectivity index (χ0) is 22.5. The third-order valence-corrected chi connectivity index (χ3v) is 4.96. The third-order valence-electron chi connectivity index (χ3n) is 4.72. The highest BCUT2D eigenvalue weighted by molar-refractivity contribution is 6.30. The Kier molecular flexibility index (Phi) is 6.83. The molecule has 0 aliphatic carbocycles. The van der Waals surface area contributed by atoms with Crippen LogP contribution in [0.25, 0.3) is 0 Å². The van der Waals surface area contributed by atoms with Crippen molar-refractivity contribution in [2.75, 3.05) is 6.61 Å². The number of carbonyl (C=O) groups is 1. The first-order chi connectivity index (χ1) is 14.9. The number of carbonyl (C=O) groups excluding carboxylic acids is 1. The largest absolute Gasteiger partial charge is 0.488 e. The van der Waals surface area contributed by atoms with Gasteiger partial charge >= 0.3 is 5.97 Å². The van der Waals surface area contributed by atoms with Gasteiger partial charge in [-0.25, -0.2) is 9.18 Å². The van der Waals surface area contributed by atoms with E-state index in [1.807, 2.05) is 6.07 Å². The normalized spacial score (nSPS) is 15.9. The molecule has 0 aromatic heterocycles. The molecular formula is C23H20ClFN2O4. The van der Waals surface area contributed by atoms with Crippen molar-refractivity contribution in [3.8, 4) is 11.8 Å². The molecule has 0 saturated heterocycles. The van der Waals surface area contributed by atoms with Gasteiger partial charge in [-0.1, -0.05) is 29.8 Å². The van der Waals surface area contributed by atoms with Crippen LogP contribution < -0.4 is 10.5 Å². The molecule has 6 nitrogen and oxygen atoms in total. The number of halogens is 2. The molecule has 1 unspecified atom stereocenters. The summed E-state index contributed by atoms with van der Waals surface area (Å²) in [5.41, 5.74) is 6.84. The highest BCUT2D eigenvalue weighted by Gasteiger charge is 2.38. The van der Waals surface area contributed by atoms with E-state index in [0.29, 0.717) is 21.9 Å². The molecule has 1 aliphatic rings. The van der Waals surface area contributed by atoms with Gasteiger partial charge in [0, 0.05) is 16.1 Å². The van der Waals surface area contributed by atoms with E-state index in [1.54, 1.807) is 50.2 Å². The molecule has 1 atom stereocenters. The lowest BCUT2D eigenvalue weighted by atomic mass is 9.82. The molecule has 0 spiro atoms. The predicted molar refractivity (Wildman–Crippen MR) is 112 cm³/mol. The fraction of sp³-hybridized carbons (Fsp3) is 0.217. The van der Waals surface area contributed by atoms with Crippen LogP contribution in [0.4, 0.5) is 4.39 Å². The summed E-state index contributed by atoms with van der Waals surface area (Å²) in [5, 5.41) is 10.1. The van der Waals surface area contributed by atoms with E-state index in [-0.39, 0.29) is 36.0 Å². The Labute approximate surface area is 184 Å². The zero-order valence-corrected chi connectivity index (χ0v) is 17.7. The van der Waals surface area contributed by atoms with Crippen LogP contribution in [0.3, 0.4) is 0 Å². The summed E-state index contributed by atoms with van der Waals surface area (Å²) in [5.74, 6) is -1.58. The number of benzene rings is 2. The molecule has 0 radical (unpaired) electrons. The van der Waals surface area contributed by atoms with Crippen LogP contribution in [0.1, 0.15) is 30.9 Å². The van der Waals surface area contributed by atoms with E-state index in [0.717, 1.165) is 0 Å². The summed E-state index contributed by atoms with van der Waals surface area (Å²) in [7, 11) is 0. The summed E-state index contributed by atoms with van der Waals surface area (Å²) in [6, 6.07) is 13.0. The topological polar surface area (TPSA) is 94.6 Å². The summed E-state index contributed by atoms with van der Waals surface area (Å²) in [6.07, 6.45) is 0. The minimum absolute atomic E-state index is 0.0201. The number of hydrogen-bond acceptors (Lipinski definition) is 6. The Balaban J connectivity index is 2.10. The molecule has 0 amide bonds. The maximum absolute atomic E-state index is 14.0. The van der Waals surface area contributed by atoms with Gasteiger partial charge in [0.2, 0.25) is 5.88 Å². The lowest BCUT2D eigenvalue weighted by Crippen LogP contribution is -2.26. The molecule has 2 N–H and O–H groups in total. The smallest absolute Gasteiger partial charge is 0.338 e. The molecule has 160 valence electrons. The Morgan fingerprint density at radius 3 is 2.74 bits per heavy atom. The van der Waals surface area contributed by atoms with E-state index in [2.05, 4.69) is 0 Å². The molecule has 2 aromatic rings. The summed E-state index contributed by atoms with van der Waals surface area (Å²) < 4.78 is 30.5. The SMILES string of the molecule is CCOC(=O)C1=C(C)OC(N)=C(C#N)C1c1cc(Cl)ccc1OCc1ccccc1F.